The summed E-state index contributed by atoms with van der Waals surface area (Å²) < 4.78 is 0. The molecule has 27 heavy (non-hydrogen) atoms. The van der Waals surface area contributed by atoms with Crippen molar-refractivity contribution in [1.29, 1.82) is 0 Å². The molecule has 0 aromatic heterocycles. The van der Waals surface area contributed by atoms with Crippen LogP contribution < -0.4 is 0 Å². The Labute approximate surface area is 167 Å². The van der Waals surface area contributed by atoms with Gasteiger partial charge in [0.05, 0.1) is 0 Å². The van der Waals surface area contributed by atoms with Crippen LogP contribution in [-0.2, 0) is 4.79 Å². The Kier molecular flexibility index (Phi) is 6.63. The van der Waals surface area contributed by atoms with Gasteiger partial charge in [0.2, 0.25) is 0 Å². The van der Waals surface area contributed by atoms with Crippen molar-refractivity contribution in [1.82, 2.24) is 0 Å². The first-order valence-corrected chi connectivity index (χ1v) is 12.0. The molecule has 0 aromatic rings. The fraction of sp³-hybridized carbons (Fsp3) is 0.960. The molecule has 0 aliphatic heterocycles. The van der Waals surface area contributed by atoms with Gasteiger partial charge in [0.25, 0.3) is 0 Å². The molecule has 0 aromatic carbocycles. The molecule has 4 fully saturated rings. The van der Waals surface area contributed by atoms with Gasteiger partial charge in [0, 0.05) is 6.42 Å². The molecule has 156 valence electrons. The molecule has 0 saturated heterocycles. The van der Waals surface area contributed by atoms with Gasteiger partial charge >= 0.3 is 5.97 Å². The molecule has 4 aliphatic rings. The zero-order valence-corrected chi connectivity index (χ0v) is 18.4. The van der Waals surface area contributed by atoms with E-state index in [2.05, 4.69) is 13.8 Å². The van der Waals surface area contributed by atoms with Crippen LogP contribution in [0.25, 0.3) is 0 Å². The van der Waals surface area contributed by atoms with E-state index in [1.54, 1.807) is 51.4 Å². The maximum absolute atomic E-state index is 9.90. The molecule has 4 rings (SSSR count). The van der Waals surface area contributed by atoms with Crippen LogP contribution in [0.2, 0.25) is 0 Å². The van der Waals surface area contributed by atoms with E-state index in [0.717, 1.165) is 40.9 Å². The fourth-order valence-electron chi connectivity index (χ4n) is 7.70. The van der Waals surface area contributed by atoms with Crippen LogP contribution in [0.1, 0.15) is 111 Å². The van der Waals surface area contributed by atoms with Gasteiger partial charge in [0.1, 0.15) is 0 Å². The van der Waals surface area contributed by atoms with Crippen LogP contribution in [0.15, 0.2) is 0 Å². The topological polar surface area (TPSA) is 37.3 Å². The van der Waals surface area contributed by atoms with Crippen LogP contribution in [0.4, 0.5) is 0 Å². The summed E-state index contributed by atoms with van der Waals surface area (Å²) in [5, 5.41) is 8.16. The maximum atomic E-state index is 9.90. The lowest BCUT2D eigenvalue weighted by molar-refractivity contribution is -0.137. The van der Waals surface area contributed by atoms with Crippen LogP contribution >= 0.6 is 0 Å². The summed E-state index contributed by atoms with van der Waals surface area (Å²) >= 11 is 0. The summed E-state index contributed by atoms with van der Waals surface area (Å²) in [5.74, 6) is 4.22. The van der Waals surface area contributed by atoms with Crippen molar-refractivity contribution in [2.45, 2.75) is 111 Å². The van der Waals surface area contributed by atoms with Gasteiger partial charge in [-0.1, -0.05) is 47.0 Å². The van der Waals surface area contributed by atoms with Crippen LogP contribution in [0.3, 0.4) is 0 Å². The minimum atomic E-state index is -0.696. The number of fused-ring (bicyclic) bond motifs is 5. The molecule has 0 heterocycles. The van der Waals surface area contributed by atoms with Gasteiger partial charge in [0.15, 0.2) is 0 Å². The predicted octanol–water partition coefficient (Wildman–Crippen LogP) is 7.32. The number of carboxylic acid groups (broad SMARTS) is 1. The molecule has 6 atom stereocenters. The van der Waals surface area contributed by atoms with E-state index in [4.69, 9.17) is 5.11 Å². The molecule has 4 aliphatic carbocycles. The summed E-state index contributed by atoms with van der Waals surface area (Å²) in [7, 11) is 0. The van der Waals surface area contributed by atoms with Gasteiger partial charge in [-0.25, -0.2) is 0 Å². The van der Waals surface area contributed by atoms with Crippen molar-refractivity contribution in [3.63, 3.8) is 0 Å². The normalized spacial score (nSPS) is 43.1. The lowest BCUT2D eigenvalue weighted by atomic mass is 9.45. The summed E-state index contributed by atoms with van der Waals surface area (Å²) in [5.41, 5.74) is 1.49. The van der Waals surface area contributed by atoms with Gasteiger partial charge in [-0.15, -0.1) is 0 Å². The minimum absolute atomic E-state index is 0.303. The van der Waals surface area contributed by atoms with Gasteiger partial charge in [-0.2, -0.15) is 0 Å². The summed E-state index contributed by atoms with van der Waals surface area (Å²) in [6, 6.07) is 0. The summed E-state index contributed by atoms with van der Waals surface area (Å²) in [6.45, 7) is 9.37. The number of carboxylic acids is 1. The Morgan fingerprint density at radius 2 is 1.70 bits per heavy atom. The number of carbonyl (C=O) groups is 1. The quantitative estimate of drug-likeness (QED) is 0.560. The Hall–Kier alpha value is -0.530. The second-order valence-corrected chi connectivity index (χ2v) is 11.3. The van der Waals surface area contributed by atoms with E-state index in [1.165, 1.54) is 19.3 Å². The van der Waals surface area contributed by atoms with Gasteiger partial charge in [-0.05, 0) is 98.2 Å². The monoisotopic (exact) mass is 376 g/mol. The third-order valence-electron chi connectivity index (χ3n) is 9.30. The molecule has 0 amide bonds. The Morgan fingerprint density at radius 1 is 0.926 bits per heavy atom. The largest absolute Gasteiger partial charge is 0.481 e. The number of hydrogen-bond donors (Lipinski definition) is 1. The Bertz CT molecular complexity index is 512. The van der Waals surface area contributed by atoms with E-state index < -0.39 is 5.97 Å². The van der Waals surface area contributed by atoms with E-state index in [-0.39, 0.29) is 0 Å². The number of aliphatic carboxylic acids is 1. The van der Waals surface area contributed by atoms with Crippen LogP contribution in [0.5, 0.6) is 0 Å². The van der Waals surface area contributed by atoms with Crippen molar-refractivity contribution >= 4 is 5.97 Å². The van der Waals surface area contributed by atoms with Gasteiger partial charge < -0.3 is 5.11 Å². The minimum Gasteiger partial charge on any atom is -0.481 e. The third-order valence-corrected chi connectivity index (χ3v) is 9.30. The van der Waals surface area contributed by atoms with E-state index >= 15 is 0 Å². The first-order chi connectivity index (χ1) is 12.8. The third kappa shape index (κ3) is 4.40. The average molecular weight is 377 g/mol. The van der Waals surface area contributed by atoms with Crippen molar-refractivity contribution in [2.24, 2.45) is 40.4 Å². The highest BCUT2D eigenvalue weighted by Gasteiger charge is 2.56. The van der Waals surface area contributed by atoms with Crippen molar-refractivity contribution < 1.29 is 9.90 Å². The van der Waals surface area contributed by atoms with E-state index in [0.29, 0.717) is 12.3 Å². The zero-order chi connectivity index (χ0) is 19.7. The van der Waals surface area contributed by atoms with Crippen molar-refractivity contribution in [3.05, 3.63) is 0 Å². The first-order valence-electron chi connectivity index (χ1n) is 12.0. The molecule has 0 spiro atoms. The average Bonchev–Trinajstić information content (AvgIpc) is 3.02. The molecular formula is C25H44O2. The van der Waals surface area contributed by atoms with Gasteiger partial charge in [-0.3, -0.25) is 4.79 Å². The number of hydrogen-bond acceptors (Lipinski definition) is 1. The highest BCUT2D eigenvalue weighted by atomic mass is 16.4. The first kappa shape index (κ1) is 21.2. The zero-order valence-electron chi connectivity index (χ0n) is 18.4. The summed E-state index contributed by atoms with van der Waals surface area (Å²) in [6.07, 6.45) is 18.2. The SMILES string of the molecule is CC(C)CCC(=O)O.CC12CCCC1C1CCC3CCCCC3(C)C1CC2. The molecule has 4 saturated carbocycles. The van der Waals surface area contributed by atoms with Crippen LogP contribution in [-0.4, -0.2) is 11.1 Å². The lowest BCUT2D eigenvalue weighted by Gasteiger charge is -2.60. The Morgan fingerprint density at radius 3 is 2.37 bits per heavy atom. The van der Waals surface area contributed by atoms with Crippen LogP contribution in [0, 0.1) is 40.4 Å². The summed E-state index contributed by atoms with van der Waals surface area (Å²) in [4.78, 5) is 9.90. The number of rotatable bonds is 3. The smallest absolute Gasteiger partial charge is 0.303 e. The molecular weight excluding hydrogens is 332 g/mol. The molecule has 2 nitrogen and oxygen atoms in total. The second kappa shape index (κ2) is 8.46. The Balaban J connectivity index is 0.000000226. The molecule has 0 bridgehead atoms. The molecule has 6 unspecified atom stereocenters. The maximum Gasteiger partial charge on any atom is 0.303 e. The second-order valence-electron chi connectivity index (χ2n) is 11.3. The van der Waals surface area contributed by atoms with Crippen molar-refractivity contribution in [2.75, 3.05) is 0 Å². The predicted molar refractivity (Wildman–Crippen MR) is 113 cm³/mol. The van der Waals surface area contributed by atoms with E-state index in [9.17, 15) is 4.79 Å². The molecule has 2 heteroatoms. The molecule has 0 radical (unpaired) electrons. The standard InChI is InChI=1S/C19H32.C6H12O2/c1-18-11-5-7-16(18)15-9-8-14-6-3-4-12-19(14,2)17(15)10-13-18;1-5(2)3-4-6(7)8/h14-17H,3-13H2,1-2H3;5H,3-4H2,1-2H3,(H,7,8). The lowest BCUT2D eigenvalue weighted by Crippen LogP contribution is -2.51. The fourth-order valence-corrected chi connectivity index (χ4v) is 7.70. The van der Waals surface area contributed by atoms with E-state index in [1.807, 2.05) is 13.8 Å². The highest BCUT2D eigenvalue weighted by molar-refractivity contribution is 5.66. The van der Waals surface area contributed by atoms with Crippen molar-refractivity contribution in [3.8, 4) is 0 Å². The highest BCUT2D eigenvalue weighted by Crippen LogP contribution is 2.66. The molecule has 1 N–H and O–H groups in total.